The maximum absolute atomic E-state index is 12.2. The Labute approximate surface area is 144 Å². The second kappa shape index (κ2) is 7.38. The van der Waals surface area contributed by atoms with Gasteiger partial charge in [-0.25, -0.2) is 0 Å². The number of fused-ring (bicyclic) bond motifs is 1. The molecular weight excluding hydrogens is 326 g/mol. The van der Waals surface area contributed by atoms with Gasteiger partial charge in [-0.1, -0.05) is 5.16 Å². The summed E-state index contributed by atoms with van der Waals surface area (Å²) < 4.78 is 21.0. The molecule has 0 aliphatic carbocycles. The van der Waals surface area contributed by atoms with E-state index in [0.29, 0.717) is 42.5 Å². The van der Waals surface area contributed by atoms with Gasteiger partial charge in [0.05, 0.1) is 5.69 Å². The van der Waals surface area contributed by atoms with Crippen LogP contribution in [0.15, 0.2) is 22.7 Å². The molecule has 7 nitrogen and oxygen atoms in total. The molecule has 2 aromatic rings. The molecule has 1 aromatic heterocycles. The van der Waals surface area contributed by atoms with Crippen molar-refractivity contribution in [3.05, 3.63) is 40.8 Å². The number of carbonyl (C=O) groups is 2. The fourth-order valence-electron chi connectivity index (χ4n) is 2.60. The third kappa shape index (κ3) is 3.99. The Bertz CT molecular complexity index is 775. The predicted molar refractivity (Wildman–Crippen MR) is 87.0 cm³/mol. The first kappa shape index (κ1) is 17.0. The fourth-order valence-corrected chi connectivity index (χ4v) is 2.60. The lowest BCUT2D eigenvalue weighted by molar-refractivity contribution is -0.142. The lowest BCUT2D eigenvalue weighted by Gasteiger charge is -2.18. The third-order valence-corrected chi connectivity index (χ3v) is 3.99. The number of benzene rings is 1. The number of carbonyl (C=O) groups excluding carboxylic acids is 2. The minimum absolute atomic E-state index is 0.164. The van der Waals surface area contributed by atoms with Crippen LogP contribution in [0.5, 0.6) is 11.5 Å². The van der Waals surface area contributed by atoms with E-state index in [-0.39, 0.29) is 18.8 Å². The van der Waals surface area contributed by atoms with Crippen LogP contribution in [-0.2, 0) is 16.0 Å². The summed E-state index contributed by atoms with van der Waals surface area (Å²) in [6.45, 7) is 4.25. The fraction of sp³-hybridized carbons (Fsp3) is 0.389. The van der Waals surface area contributed by atoms with Crippen LogP contribution in [0.3, 0.4) is 0 Å². The van der Waals surface area contributed by atoms with Crippen LogP contribution in [0.1, 0.15) is 33.8 Å². The first-order valence-electron chi connectivity index (χ1n) is 8.05. The van der Waals surface area contributed by atoms with Gasteiger partial charge in [0.2, 0.25) is 0 Å². The number of hydrogen-bond acceptors (Lipinski definition) is 7. The predicted octanol–water partition coefficient (Wildman–Crippen LogP) is 2.42. The minimum Gasteiger partial charge on any atom is -0.486 e. The molecule has 0 radical (unpaired) electrons. The Kier molecular flexibility index (Phi) is 5.02. The number of hydrogen-bond donors (Lipinski definition) is 0. The zero-order valence-corrected chi connectivity index (χ0v) is 14.2. The molecule has 0 fully saturated rings. The number of Topliss-reactive ketones (excluding diaryl/α,β-unsaturated/α-hetero) is 1. The van der Waals surface area contributed by atoms with E-state index in [9.17, 15) is 9.59 Å². The molecule has 0 amide bonds. The molecule has 0 N–H and O–H groups in total. The molecule has 1 aromatic carbocycles. The number of ketones is 1. The molecule has 0 saturated heterocycles. The topological polar surface area (TPSA) is 87.9 Å². The van der Waals surface area contributed by atoms with Crippen LogP contribution < -0.4 is 9.47 Å². The van der Waals surface area contributed by atoms with E-state index in [1.54, 1.807) is 25.1 Å². The largest absolute Gasteiger partial charge is 0.486 e. The maximum atomic E-state index is 12.2. The second-order valence-electron chi connectivity index (χ2n) is 5.75. The Hall–Kier alpha value is -2.83. The van der Waals surface area contributed by atoms with Crippen LogP contribution in [-0.4, -0.2) is 36.7 Å². The van der Waals surface area contributed by atoms with Crippen molar-refractivity contribution in [2.45, 2.75) is 26.7 Å². The highest BCUT2D eigenvalue weighted by molar-refractivity contribution is 5.98. The van der Waals surface area contributed by atoms with Crippen molar-refractivity contribution < 1.29 is 28.3 Å². The van der Waals surface area contributed by atoms with Crippen molar-refractivity contribution in [3.63, 3.8) is 0 Å². The van der Waals surface area contributed by atoms with Crippen molar-refractivity contribution in [1.29, 1.82) is 0 Å². The summed E-state index contributed by atoms with van der Waals surface area (Å²) in [6.07, 6.45) is 0.634. The van der Waals surface area contributed by atoms with Gasteiger partial charge in [0.15, 0.2) is 23.9 Å². The van der Waals surface area contributed by atoms with Gasteiger partial charge < -0.3 is 18.7 Å². The Morgan fingerprint density at radius 1 is 1.16 bits per heavy atom. The van der Waals surface area contributed by atoms with Crippen LogP contribution in [0.2, 0.25) is 0 Å². The zero-order valence-electron chi connectivity index (χ0n) is 14.2. The molecule has 3 rings (SSSR count). The molecule has 0 atom stereocenters. The van der Waals surface area contributed by atoms with E-state index in [2.05, 4.69) is 5.16 Å². The summed E-state index contributed by atoms with van der Waals surface area (Å²) in [5.41, 5.74) is 2.08. The number of esters is 1. The lowest BCUT2D eigenvalue weighted by Crippen LogP contribution is -2.17. The highest BCUT2D eigenvalue weighted by Crippen LogP contribution is 2.30. The van der Waals surface area contributed by atoms with E-state index in [1.807, 2.05) is 6.92 Å². The van der Waals surface area contributed by atoms with Gasteiger partial charge in [-0.3, -0.25) is 9.59 Å². The molecular formula is C18H19NO6. The zero-order chi connectivity index (χ0) is 17.8. The molecule has 2 heterocycles. The maximum Gasteiger partial charge on any atom is 0.306 e. The van der Waals surface area contributed by atoms with Gasteiger partial charge in [-0.15, -0.1) is 0 Å². The summed E-state index contributed by atoms with van der Waals surface area (Å²) in [6, 6.07) is 4.92. The molecule has 0 saturated carbocycles. The van der Waals surface area contributed by atoms with Crippen LogP contribution >= 0.6 is 0 Å². The summed E-state index contributed by atoms with van der Waals surface area (Å²) in [7, 11) is 0. The first-order valence-corrected chi connectivity index (χ1v) is 8.05. The minimum atomic E-state index is -0.439. The average Bonchev–Trinajstić information content (AvgIpc) is 2.95. The van der Waals surface area contributed by atoms with E-state index in [4.69, 9.17) is 18.7 Å². The first-order chi connectivity index (χ1) is 12.0. The van der Waals surface area contributed by atoms with Crippen molar-refractivity contribution in [3.8, 4) is 11.5 Å². The number of ether oxygens (including phenoxy) is 3. The van der Waals surface area contributed by atoms with Crippen molar-refractivity contribution in [2.24, 2.45) is 0 Å². The van der Waals surface area contributed by atoms with Gasteiger partial charge in [-0.2, -0.15) is 0 Å². The smallest absolute Gasteiger partial charge is 0.306 e. The molecule has 0 unspecified atom stereocenters. The van der Waals surface area contributed by atoms with Crippen molar-refractivity contribution >= 4 is 11.8 Å². The highest BCUT2D eigenvalue weighted by atomic mass is 16.6. The normalized spacial score (nSPS) is 12.7. The SMILES string of the molecule is Cc1noc(C)c1CCC(=O)OCC(=O)c1ccc2c(c1)OCCO2. The molecule has 7 heteroatoms. The summed E-state index contributed by atoms with van der Waals surface area (Å²) >= 11 is 0. The Morgan fingerprint density at radius 2 is 1.92 bits per heavy atom. The second-order valence-corrected chi connectivity index (χ2v) is 5.75. The quantitative estimate of drug-likeness (QED) is 0.587. The number of aromatic nitrogens is 1. The molecule has 25 heavy (non-hydrogen) atoms. The Morgan fingerprint density at radius 3 is 2.64 bits per heavy atom. The van der Waals surface area contributed by atoms with E-state index in [1.165, 1.54) is 0 Å². The van der Waals surface area contributed by atoms with Gasteiger partial charge in [0.1, 0.15) is 19.0 Å². The summed E-state index contributed by atoms with van der Waals surface area (Å²) in [5, 5.41) is 3.84. The number of aryl methyl sites for hydroxylation is 2. The van der Waals surface area contributed by atoms with Crippen molar-refractivity contribution in [2.75, 3.05) is 19.8 Å². The van der Waals surface area contributed by atoms with E-state index < -0.39 is 5.97 Å². The average molecular weight is 345 g/mol. The molecule has 0 bridgehead atoms. The van der Waals surface area contributed by atoms with Crippen molar-refractivity contribution in [1.82, 2.24) is 5.16 Å². The van der Waals surface area contributed by atoms with Gasteiger partial charge in [0, 0.05) is 17.5 Å². The third-order valence-electron chi connectivity index (χ3n) is 3.99. The van der Waals surface area contributed by atoms with Gasteiger partial charge >= 0.3 is 5.97 Å². The summed E-state index contributed by atoms with van der Waals surface area (Å²) in [4.78, 5) is 24.0. The van der Waals surface area contributed by atoms with Gasteiger partial charge in [-0.05, 0) is 38.5 Å². The molecule has 132 valence electrons. The lowest BCUT2D eigenvalue weighted by atomic mass is 10.1. The highest BCUT2D eigenvalue weighted by Gasteiger charge is 2.17. The van der Waals surface area contributed by atoms with E-state index >= 15 is 0 Å². The standard InChI is InChI=1S/C18H19NO6/c1-11-14(12(2)25-19-11)4-6-18(21)24-10-15(20)13-3-5-16-17(9-13)23-8-7-22-16/h3,5,9H,4,6-8,10H2,1-2H3. The summed E-state index contributed by atoms with van der Waals surface area (Å²) in [5.74, 6) is 1.10. The van der Waals surface area contributed by atoms with Crippen LogP contribution in [0.25, 0.3) is 0 Å². The number of rotatable bonds is 6. The van der Waals surface area contributed by atoms with Crippen LogP contribution in [0.4, 0.5) is 0 Å². The monoisotopic (exact) mass is 345 g/mol. The van der Waals surface area contributed by atoms with Gasteiger partial charge in [0.25, 0.3) is 0 Å². The Balaban J connectivity index is 1.51. The molecule has 1 aliphatic heterocycles. The van der Waals surface area contributed by atoms with Crippen LogP contribution in [0, 0.1) is 13.8 Å². The molecule has 1 aliphatic rings. The molecule has 0 spiro atoms. The number of nitrogens with zero attached hydrogens (tertiary/aromatic N) is 1. The van der Waals surface area contributed by atoms with E-state index in [0.717, 1.165) is 11.3 Å².